The van der Waals surface area contributed by atoms with Gasteiger partial charge in [-0.25, -0.2) is 0 Å². The molecule has 2 rings (SSSR count). The second-order valence-electron chi connectivity index (χ2n) is 6.41. The Morgan fingerprint density at radius 3 is 2.42 bits per heavy atom. The van der Waals surface area contributed by atoms with E-state index in [1.807, 2.05) is 57.2 Å². The van der Waals surface area contributed by atoms with Crippen molar-refractivity contribution in [2.75, 3.05) is 6.61 Å². The van der Waals surface area contributed by atoms with E-state index in [0.29, 0.717) is 12.3 Å². The van der Waals surface area contributed by atoms with Crippen LogP contribution in [0.3, 0.4) is 0 Å². The van der Waals surface area contributed by atoms with Gasteiger partial charge < -0.3 is 32.2 Å². The molecule has 2 aromatic rings. The highest BCUT2D eigenvalue weighted by Crippen LogP contribution is 2.12. The van der Waals surface area contributed by atoms with Crippen molar-refractivity contribution >= 4 is 5.91 Å². The molecule has 6 heteroatoms. The number of hydrogen-bond acceptors (Lipinski definition) is 4. The summed E-state index contributed by atoms with van der Waals surface area (Å²) in [6, 6.07) is 11.5. The maximum atomic E-state index is 11.7. The maximum absolute atomic E-state index is 11.7. The van der Waals surface area contributed by atoms with Gasteiger partial charge in [0, 0.05) is 12.1 Å². The summed E-state index contributed by atoms with van der Waals surface area (Å²) in [5, 5.41) is 6.16. The lowest BCUT2D eigenvalue weighted by Gasteiger charge is -2.20. The fourth-order valence-electron chi connectivity index (χ4n) is 2.05. The number of amides is 1. The van der Waals surface area contributed by atoms with Crippen molar-refractivity contribution in [3.8, 4) is 5.75 Å². The number of ether oxygens (including phenoxy) is 1. The third-order valence-corrected chi connectivity index (χ3v) is 3.02. The van der Waals surface area contributed by atoms with Gasteiger partial charge in [0.1, 0.15) is 11.5 Å². The summed E-state index contributed by atoms with van der Waals surface area (Å²) >= 11 is 0. The number of nitrogens with one attached hydrogen (secondary N) is 2. The molecule has 0 aliphatic carbocycles. The summed E-state index contributed by atoms with van der Waals surface area (Å²) in [5.74, 6) is 1.47. The van der Waals surface area contributed by atoms with Gasteiger partial charge in [-0.15, -0.1) is 0 Å². The fraction of sp³-hybridized carbons (Fsp3) is 0.389. The smallest absolute Gasteiger partial charge is 0.258 e. The third kappa shape index (κ3) is 7.53. The van der Waals surface area contributed by atoms with Crippen molar-refractivity contribution in [3.05, 3.63) is 54.0 Å². The summed E-state index contributed by atoms with van der Waals surface area (Å²) in [6.45, 7) is 7.28. The average molecular weight is 352 g/mol. The molecule has 1 aromatic heterocycles. The second-order valence-corrected chi connectivity index (χ2v) is 6.41. The second kappa shape index (κ2) is 9.35. The van der Waals surface area contributed by atoms with Crippen molar-refractivity contribution in [2.24, 2.45) is 0 Å². The summed E-state index contributed by atoms with van der Waals surface area (Å²) in [6.07, 6.45) is 1.67. The highest BCUT2D eigenvalue weighted by molar-refractivity contribution is 5.78. The number of benzene rings is 1. The first-order valence-electron chi connectivity index (χ1n) is 7.68. The van der Waals surface area contributed by atoms with E-state index in [2.05, 4.69) is 10.6 Å². The highest BCUT2D eigenvalue weighted by Gasteiger charge is 2.13. The SMILES string of the molecule is CC(C)(C)NC(=O)COc1ccc(CNCc2ccco2)cc1.[Cl-]. The third-order valence-electron chi connectivity index (χ3n) is 3.02. The molecule has 1 aromatic carbocycles. The lowest BCUT2D eigenvalue weighted by Crippen LogP contribution is -3.00. The number of hydrogen-bond donors (Lipinski definition) is 2. The van der Waals surface area contributed by atoms with Crippen LogP contribution in [0.5, 0.6) is 5.75 Å². The highest BCUT2D eigenvalue weighted by atomic mass is 35.5. The first-order valence-corrected chi connectivity index (χ1v) is 7.68. The number of halogens is 1. The summed E-state index contributed by atoms with van der Waals surface area (Å²) in [7, 11) is 0. The van der Waals surface area contributed by atoms with Crippen LogP contribution in [0.25, 0.3) is 0 Å². The van der Waals surface area contributed by atoms with E-state index in [4.69, 9.17) is 9.15 Å². The number of carbonyl (C=O) groups is 1. The van der Waals surface area contributed by atoms with Gasteiger partial charge in [0.25, 0.3) is 5.91 Å². The van der Waals surface area contributed by atoms with Crippen LogP contribution in [0, 0.1) is 0 Å². The van der Waals surface area contributed by atoms with E-state index >= 15 is 0 Å². The van der Waals surface area contributed by atoms with Crippen molar-refractivity contribution in [2.45, 2.75) is 39.4 Å². The van der Waals surface area contributed by atoms with Crippen molar-refractivity contribution in [3.63, 3.8) is 0 Å². The molecule has 1 amide bonds. The Morgan fingerprint density at radius 2 is 1.83 bits per heavy atom. The zero-order valence-corrected chi connectivity index (χ0v) is 15.0. The van der Waals surface area contributed by atoms with Gasteiger partial charge in [0.2, 0.25) is 0 Å². The van der Waals surface area contributed by atoms with Crippen molar-refractivity contribution in [1.82, 2.24) is 10.6 Å². The molecule has 0 spiro atoms. The molecule has 132 valence electrons. The van der Waals surface area contributed by atoms with Gasteiger partial charge in [-0.05, 0) is 50.6 Å². The van der Waals surface area contributed by atoms with E-state index < -0.39 is 0 Å². The first kappa shape index (κ1) is 20.1. The monoisotopic (exact) mass is 351 g/mol. The zero-order chi connectivity index (χ0) is 16.7. The lowest BCUT2D eigenvalue weighted by molar-refractivity contribution is -0.124. The minimum Gasteiger partial charge on any atom is -1.00 e. The van der Waals surface area contributed by atoms with Crippen LogP contribution in [-0.2, 0) is 17.9 Å². The number of rotatable bonds is 7. The van der Waals surface area contributed by atoms with Gasteiger partial charge in [-0.2, -0.15) is 0 Å². The van der Waals surface area contributed by atoms with Gasteiger partial charge in [0.05, 0.1) is 12.8 Å². The minimum absolute atomic E-state index is 0. The number of furan rings is 1. The molecule has 1 heterocycles. The summed E-state index contributed by atoms with van der Waals surface area (Å²) in [5.41, 5.74) is 0.896. The van der Waals surface area contributed by atoms with Gasteiger partial charge >= 0.3 is 0 Å². The van der Waals surface area contributed by atoms with E-state index in [1.165, 1.54) is 0 Å². The molecule has 5 nitrogen and oxygen atoms in total. The molecule has 0 bridgehead atoms. The quantitative estimate of drug-likeness (QED) is 0.729. The molecule has 24 heavy (non-hydrogen) atoms. The van der Waals surface area contributed by atoms with Gasteiger partial charge in [0.15, 0.2) is 6.61 Å². The topological polar surface area (TPSA) is 63.5 Å². The molecule has 0 saturated heterocycles. The Morgan fingerprint density at radius 1 is 1.12 bits per heavy atom. The van der Waals surface area contributed by atoms with Crippen LogP contribution in [0.4, 0.5) is 0 Å². The molecule has 0 fully saturated rings. The summed E-state index contributed by atoms with van der Waals surface area (Å²) in [4.78, 5) is 11.7. The standard InChI is InChI=1S/C18H24N2O3.ClH/c1-18(2,3)20-17(21)13-23-15-8-6-14(7-9-15)11-19-12-16-5-4-10-22-16;/h4-10,19H,11-13H2,1-3H3,(H,20,21);1H/p-1. The maximum Gasteiger partial charge on any atom is 0.258 e. The minimum atomic E-state index is -0.246. The lowest BCUT2D eigenvalue weighted by atomic mass is 10.1. The molecule has 0 aliphatic rings. The molecular formula is C18H24ClN2O3-. The van der Waals surface area contributed by atoms with Gasteiger partial charge in [-0.1, -0.05) is 12.1 Å². The Kier molecular flexibility index (Phi) is 7.82. The van der Waals surface area contributed by atoms with Gasteiger partial charge in [-0.3, -0.25) is 4.79 Å². The van der Waals surface area contributed by atoms with Crippen LogP contribution in [0.15, 0.2) is 47.1 Å². The van der Waals surface area contributed by atoms with E-state index in [1.54, 1.807) is 6.26 Å². The Hall–Kier alpha value is -1.98. The van der Waals surface area contributed by atoms with Crippen molar-refractivity contribution < 1.29 is 26.4 Å². The van der Waals surface area contributed by atoms with E-state index in [-0.39, 0.29) is 30.5 Å². The van der Waals surface area contributed by atoms with E-state index in [9.17, 15) is 4.79 Å². The first-order chi connectivity index (χ1) is 10.9. The Balaban J connectivity index is 0.00000288. The van der Waals surface area contributed by atoms with Crippen LogP contribution in [-0.4, -0.2) is 18.1 Å². The predicted octanol–water partition coefficient (Wildman–Crippen LogP) is -0.133. The molecular weight excluding hydrogens is 328 g/mol. The molecule has 0 atom stereocenters. The predicted molar refractivity (Wildman–Crippen MR) is 89.1 cm³/mol. The van der Waals surface area contributed by atoms with Crippen LogP contribution in [0.1, 0.15) is 32.1 Å². The molecule has 0 aliphatic heterocycles. The fourth-order valence-corrected chi connectivity index (χ4v) is 2.05. The van der Waals surface area contributed by atoms with Crippen LogP contribution in [0.2, 0.25) is 0 Å². The normalized spacial score (nSPS) is 10.8. The van der Waals surface area contributed by atoms with Crippen LogP contribution < -0.4 is 27.8 Å². The van der Waals surface area contributed by atoms with Crippen LogP contribution >= 0.6 is 0 Å². The molecule has 0 unspecified atom stereocenters. The zero-order valence-electron chi connectivity index (χ0n) is 14.3. The Labute approximate surface area is 149 Å². The molecule has 0 saturated carbocycles. The molecule has 0 radical (unpaired) electrons. The average Bonchev–Trinajstić information content (AvgIpc) is 2.98. The number of carbonyl (C=O) groups excluding carboxylic acids is 1. The summed E-state index contributed by atoms with van der Waals surface area (Å²) < 4.78 is 10.7. The Bertz CT molecular complexity index is 604. The molecule has 2 N–H and O–H groups in total. The van der Waals surface area contributed by atoms with Crippen molar-refractivity contribution in [1.29, 1.82) is 0 Å². The largest absolute Gasteiger partial charge is 1.00 e. The van der Waals surface area contributed by atoms with E-state index in [0.717, 1.165) is 17.9 Å².